The molecule has 80 heavy (non-hydrogen) atoms. The topological polar surface area (TPSA) is 78.9 Å². The number of esters is 3. The molecule has 0 radical (unpaired) electrons. The minimum absolute atomic E-state index is 0.0804. The maximum Gasteiger partial charge on any atom is 0.306 e. The number of carbonyl (C=O) groups excluding carboxylic acids is 3. The van der Waals surface area contributed by atoms with E-state index in [2.05, 4.69) is 93.7 Å². The first-order valence-corrected chi connectivity index (χ1v) is 34.9. The zero-order chi connectivity index (χ0) is 57.8. The van der Waals surface area contributed by atoms with E-state index in [0.29, 0.717) is 19.3 Å². The summed E-state index contributed by atoms with van der Waals surface area (Å²) in [5.41, 5.74) is 0. The molecule has 0 saturated heterocycles. The Kier molecular flexibility index (Phi) is 65.7. The highest BCUT2D eigenvalue weighted by Gasteiger charge is 2.19. The van der Waals surface area contributed by atoms with Crippen molar-refractivity contribution in [2.75, 3.05) is 13.2 Å². The fourth-order valence-corrected chi connectivity index (χ4v) is 10.1. The molecule has 0 saturated carbocycles. The van der Waals surface area contributed by atoms with Gasteiger partial charge in [-0.05, 0) is 116 Å². The van der Waals surface area contributed by atoms with Gasteiger partial charge in [-0.3, -0.25) is 14.4 Å². The molecule has 0 aromatic rings. The molecule has 0 aromatic heterocycles. The fraction of sp³-hybridized carbons (Fsp3) is 0.797. The second-order valence-corrected chi connectivity index (χ2v) is 23.4. The van der Waals surface area contributed by atoms with Gasteiger partial charge < -0.3 is 14.2 Å². The number of unbranched alkanes of at least 4 members (excludes halogenated alkanes) is 41. The molecule has 0 rings (SSSR count). The Morgan fingerprint density at radius 1 is 0.250 bits per heavy atom. The lowest BCUT2D eigenvalue weighted by atomic mass is 10.0. The molecule has 0 N–H and O–H groups in total. The zero-order valence-electron chi connectivity index (χ0n) is 53.3. The minimum Gasteiger partial charge on any atom is -0.462 e. The van der Waals surface area contributed by atoms with E-state index in [9.17, 15) is 14.4 Å². The standard InChI is InChI=1S/C74H132O6/c1-4-7-10-13-16-19-22-25-27-29-31-32-33-34-35-36-37-38-39-40-41-42-44-45-47-49-52-55-58-61-64-67-73(76)79-70-71(69-78-72(75)66-63-60-57-54-51-24-21-18-15-12-9-6-3)80-74(77)68-65-62-59-56-53-50-48-46-43-30-28-26-23-20-17-14-11-8-5-2/h17-18,20-22,25-26,28-29,31,43,46,71H,4-16,19,23-24,27,30,32-42,44-45,47-70H2,1-3H3/b20-17-,21-18-,25-22-,28-26-,31-29-,46-43-. The number of hydrogen-bond donors (Lipinski definition) is 0. The van der Waals surface area contributed by atoms with Gasteiger partial charge in [0.1, 0.15) is 13.2 Å². The van der Waals surface area contributed by atoms with Crippen molar-refractivity contribution in [2.45, 2.75) is 367 Å². The van der Waals surface area contributed by atoms with Crippen molar-refractivity contribution in [2.24, 2.45) is 0 Å². The van der Waals surface area contributed by atoms with Crippen molar-refractivity contribution in [1.29, 1.82) is 0 Å². The average molecular weight is 1120 g/mol. The predicted octanol–water partition coefficient (Wildman–Crippen LogP) is 24.1. The summed E-state index contributed by atoms with van der Waals surface area (Å²) >= 11 is 0. The van der Waals surface area contributed by atoms with E-state index < -0.39 is 6.10 Å². The van der Waals surface area contributed by atoms with Crippen molar-refractivity contribution in [3.8, 4) is 0 Å². The SMILES string of the molecule is CCCCC/C=C\C/C=C\C/C=C\CCCCCCCCC(=O)OC(COC(=O)CCCCCCC/C=C\CCCCC)COC(=O)CCCCCCCCCCCCCCCCCCCCC/C=C\C/C=C\CCCCCCC. The summed E-state index contributed by atoms with van der Waals surface area (Å²) in [7, 11) is 0. The molecule has 464 valence electrons. The Morgan fingerprint density at radius 3 is 0.738 bits per heavy atom. The molecular weight excluding hydrogens is 985 g/mol. The monoisotopic (exact) mass is 1120 g/mol. The predicted molar refractivity (Wildman–Crippen MR) is 348 cm³/mol. The van der Waals surface area contributed by atoms with Gasteiger partial charge >= 0.3 is 17.9 Å². The van der Waals surface area contributed by atoms with E-state index in [0.717, 1.165) is 96.3 Å². The molecule has 0 heterocycles. The summed E-state index contributed by atoms with van der Waals surface area (Å²) in [4.78, 5) is 38.3. The third-order valence-electron chi connectivity index (χ3n) is 15.4. The molecule has 0 aliphatic carbocycles. The molecule has 0 amide bonds. The van der Waals surface area contributed by atoms with E-state index in [1.165, 1.54) is 225 Å². The maximum absolute atomic E-state index is 12.9. The van der Waals surface area contributed by atoms with Crippen LogP contribution in [-0.2, 0) is 28.6 Å². The van der Waals surface area contributed by atoms with Crippen LogP contribution < -0.4 is 0 Å². The Bertz CT molecular complexity index is 1470. The summed E-state index contributed by atoms with van der Waals surface area (Å²) in [6.45, 7) is 6.60. The van der Waals surface area contributed by atoms with Crippen LogP contribution in [0.4, 0.5) is 0 Å². The summed E-state index contributed by atoms with van der Waals surface area (Å²) in [6.07, 6.45) is 89.3. The molecule has 0 spiro atoms. The highest BCUT2D eigenvalue weighted by atomic mass is 16.6. The van der Waals surface area contributed by atoms with Crippen LogP contribution in [0.1, 0.15) is 361 Å². The molecule has 0 bridgehead atoms. The number of rotatable bonds is 64. The van der Waals surface area contributed by atoms with Crippen molar-refractivity contribution in [3.63, 3.8) is 0 Å². The van der Waals surface area contributed by atoms with Crippen LogP contribution in [0.15, 0.2) is 72.9 Å². The van der Waals surface area contributed by atoms with E-state index >= 15 is 0 Å². The fourth-order valence-electron chi connectivity index (χ4n) is 10.1. The van der Waals surface area contributed by atoms with Crippen LogP contribution in [-0.4, -0.2) is 37.2 Å². The number of ether oxygens (including phenoxy) is 3. The highest BCUT2D eigenvalue weighted by molar-refractivity contribution is 5.71. The number of allylic oxidation sites excluding steroid dienone is 12. The smallest absolute Gasteiger partial charge is 0.306 e. The van der Waals surface area contributed by atoms with Gasteiger partial charge in [-0.2, -0.15) is 0 Å². The van der Waals surface area contributed by atoms with Crippen LogP contribution in [0.3, 0.4) is 0 Å². The largest absolute Gasteiger partial charge is 0.462 e. The van der Waals surface area contributed by atoms with Crippen LogP contribution in [0.5, 0.6) is 0 Å². The third-order valence-corrected chi connectivity index (χ3v) is 15.4. The van der Waals surface area contributed by atoms with E-state index in [4.69, 9.17) is 14.2 Å². The lowest BCUT2D eigenvalue weighted by Crippen LogP contribution is -2.30. The number of carbonyl (C=O) groups is 3. The summed E-state index contributed by atoms with van der Waals surface area (Å²) in [5.74, 6) is -0.885. The Labute approximate surface area is 497 Å². The third kappa shape index (κ3) is 65.7. The van der Waals surface area contributed by atoms with Gasteiger partial charge in [-0.1, -0.05) is 299 Å². The van der Waals surface area contributed by atoms with Crippen LogP contribution in [0.25, 0.3) is 0 Å². The molecule has 0 aromatic carbocycles. The van der Waals surface area contributed by atoms with Gasteiger partial charge in [-0.25, -0.2) is 0 Å². The molecule has 1 unspecified atom stereocenters. The number of hydrogen-bond acceptors (Lipinski definition) is 6. The first-order chi connectivity index (χ1) is 39.5. The lowest BCUT2D eigenvalue weighted by molar-refractivity contribution is -0.167. The van der Waals surface area contributed by atoms with Crippen molar-refractivity contribution in [3.05, 3.63) is 72.9 Å². The normalized spacial score (nSPS) is 12.5. The second kappa shape index (κ2) is 68.3. The van der Waals surface area contributed by atoms with Gasteiger partial charge in [0, 0.05) is 19.3 Å². The summed E-state index contributed by atoms with van der Waals surface area (Å²) in [5, 5.41) is 0. The van der Waals surface area contributed by atoms with Crippen molar-refractivity contribution in [1.82, 2.24) is 0 Å². The second-order valence-electron chi connectivity index (χ2n) is 23.4. The lowest BCUT2D eigenvalue weighted by Gasteiger charge is -2.18. The Balaban J connectivity index is 4.18. The quantitative estimate of drug-likeness (QED) is 0.0261. The van der Waals surface area contributed by atoms with E-state index in [1.807, 2.05) is 0 Å². The van der Waals surface area contributed by atoms with Crippen LogP contribution in [0, 0.1) is 0 Å². The van der Waals surface area contributed by atoms with Crippen molar-refractivity contribution < 1.29 is 28.6 Å². The molecule has 0 aliphatic rings. The molecule has 0 fully saturated rings. The first kappa shape index (κ1) is 76.9. The molecule has 1 atom stereocenters. The molecule has 6 nitrogen and oxygen atoms in total. The van der Waals surface area contributed by atoms with Crippen LogP contribution in [0.2, 0.25) is 0 Å². The van der Waals surface area contributed by atoms with E-state index in [1.54, 1.807) is 0 Å². The average Bonchev–Trinajstić information content (AvgIpc) is 3.46. The Hall–Kier alpha value is -3.15. The zero-order valence-corrected chi connectivity index (χ0v) is 53.3. The van der Waals surface area contributed by atoms with Gasteiger partial charge in [-0.15, -0.1) is 0 Å². The van der Waals surface area contributed by atoms with Gasteiger partial charge in [0.15, 0.2) is 6.10 Å². The summed E-state index contributed by atoms with van der Waals surface area (Å²) < 4.78 is 16.9. The molecule has 0 aliphatic heterocycles. The maximum atomic E-state index is 12.9. The molecular formula is C74H132O6. The first-order valence-electron chi connectivity index (χ1n) is 34.9. The van der Waals surface area contributed by atoms with Gasteiger partial charge in [0.05, 0.1) is 0 Å². The Morgan fingerprint density at radius 2 is 0.450 bits per heavy atom. The van der Waals surface area contributed by atoms with Gasteiger partial charge in [0.2, 0.25) is 0 Å². The van der Waals surface area contributed by atoms with Crippen LogP contribution >= 0.6 is 0 Å². The minimum atomic E-state index is -0.785. The summed E-state index contributed by atoms with van der Waals surface area (Å²) in [6, 6.07) is 0. The highest BCUT2D eigenvalue weighted by Crippen LogP contribution is 2.17. The van der Waals surface area contributed by atoms with Gasteiger partial charge in [0.25, 0.3) is 0 Å². The van der Waals surface area contributed by atoms with E-state index in [-0.39, 0.29) is 31.1 Å². The molecule has 6 heteroatoms. The van der Waals surface area contributed by atoms with Crippen molar-refractivity contribution >= 4 is 17.9 Å².